The number of benzene rings is 2. The van der Waals surface area contributed by atoms with E-state index in [0.717, 1.165) is 19.1 Å². The van der Waals surface area contributed by atoms with Crippen molar-refractivity contribution in [1.29, 1.82) is 5.26 Å². The summed E-state index contributed by atoms with van der Waals surface area (Å²) in [5, 5.41) is 18.0. The Morgan fingerprint density at radius 3 is 2.22 bits per heavy atom. The summed E-state index contributed by atoms with van der Waals surface area (Å²) in [7, 11) is 0. The maximum absolute atomic E-state index is 14.3. The highest BCUT2D eigenvalue weighted by Gasteiger charge is 2.19. The van der Waals surface area contributed by atoms with Gasteiger partial charge in [0.25, 0.3) is 0 Å². The Kier molecular flexibility index (Phi) is 4.51. The van der Waals surface area contributed by atoms with E-state index in [1.807, 2.05) is 0 Å². The van der Waals surface area contributed by atoms with Crippen molar-refractivity contribution in [1.82, 2.24) is 0 Å². The smallest absolute Gasteiger partial charge is 0.336 e. The van der Waals surface area contributed by atoms with Gasteiger partial charge in [0, 0.05) is 11.1 Å². The normalized spacial score (nSPS) is 11.6. The number of rotatable bonds is 3. The minimum Gasteiger partial charge on any atom is -0.478 e. The second-order valence-corrected chi connectivity index (χ2v) is 4.69. The lowest BCUT2D eigenvalue weighted by molar-refractivity contribution is 0.0697. The number of hydrogen-bond acceptors (Lipinski definition) is 2. The molecule has 0 saturated carbocycles. The van der Waals surface area contributed by atoms with Crippen LogP contribution in [-0.2, 0) is 0 Å². The second-order valence-electron chi connectivity index (χ2n) is 4.69. The van der Waals surface area contributed by atoms with Gasteiger partial charge in [0.1, 0.15) is 17.7 Å². The van der Waals surface area contributed by atoms with E-state index in [0.29, 0.717) is 0 Å². The van der Waals surface area contributed by atoms with Crippen molar-refractivity contribution in [2.24, 2.45) is 0 Å². The van der Waals surface area contributed by atoms with Crippen LogP contribution < -0.4 is 0 Å². The highest BCUT2D eigenvalue weighted by molar-refractivity contribution is 5.96. The van der Waals surface area contributed by atoms with Crippen molar-refractivity contribution in [3.63, 3.8) is 0 Å². The Bertz CT molecular complexity index is 845. The summed E-state index contributed by atoms with van der Waals surface area (Å²) in [6.07, 6.45) is 0. The fraction of sp³-hybridized carbons (Fsp3) is 0.0588. The molecule has 0 fully saturated rings. The van der Waals surface area contributed by atoms with E-state index in [9.17, 15) is 18.0 Å². The zero-order chi connectivity index (χ0) is 17.1. The lowest BCUT2D eigenvalue weighted by Crippen LogP contribution is -2.03. The Labute approximate surface area is 129 Å². The summed E-state index contributed by atoms with van der Waals surface area (Å²) in [6, 6.07) is 8.78. The zero-order valence-corrected chi connectivity index (χ0v) is 11.9. The molecule has 0 aliphatic rings. The average molecular weight is 317 g/mol. The monoisotopic (exact) mass is 317 g/mol. The molecule has 2 rings (SSSR count). The van der Waals surface area contributed by atoms with Crippen LogP contribution in [0, 0.1) is 17.1 Å². The highest BCUT2D eigenvalue weighted by Crippen LogP contribution is 2.31. The Hall–Kier alpha value is -3.07. The topological polar surface area (TPSA) is 61.1 Å². The van der Waals surface area contributed by atoms with Gasteiger partial charge < -0.3 is 5.11 Å². The number of allylic oxidation sites excluding steroid dienone is 1. The third-order valence-electron chi connectivity index (χ3n) is 3.22. The molecule has 23 heavy (non-hydrogen) atoms. The van der Waals surface area contributed by atoms with Crippen molar-refractivity contribution >= 4 is 11.8 Å². The van der Waals surface area contributed by atoms with Crippen molar-refractivity contribution in [3.05, 3.63) is 64.7 Å². The number of nitriles is 1. The molecule has 0 atom stereocenters. The maximum Gasteiger partial charge on any atom is 0.336 e. The van der Waals surface area contributed by atoms with Crippen LogP contribution in [0.25, 0.3) is 17.0 Å². The zero-order valence-electron chi connectivity index (χ0n) is 11.9. The van der Waals surface area contributed by atoms with E-state index in [1.165, 1.54) is 24.3 Å². The number of aromatic carboxylic acids is 1. The fourth-order valence-electron chi connectivity index (χ4n) is 2.10. The molecule has 2 aromatic rings. The van der Waals surface area contributed by atoms with Gasteiger partial charge in [-0.25, -0.2) is 18.0 Å². The SMILES string of the molecule is C/C(F)=C(\F)c1ccc(-c2c(C(=O)O)ccc(C#N)c2F)cc1. The predicted molar refractivity (Wildman–Crippen MR) is 78.3 cm³/mol. The van der Waals surface area contributed by atoms with Gasteiger partial charge in [0.2, 0.25) is 0 Å². The van der Waals surface area contributed by atoms with Gasteiger partial charge >= 0.3 is 5.97 Å². The van der Waals surface area contributed by atoms with E-state index in [-0.39, 0.29) is 27.8 Å². The summed E-state index contributed by atoms with van der Waals surface area (Å²) in [4.78, 5) is 11.2. The molecule has 2 aromatic carbocycles. The standard InChI is InChI=1S/C17H10F3NO2/c1-9(18)15(19)11-4-2-10(3-5-11)14-13(17(22)23)7-6-12(8-21)16(14)20/h2-7H,1H3,(H,22,23)/b15-9+. The third-order valence-corrected chi connectivity index (χ3v) is 3.22. The quantitative estimate of drug-likeness (QED) is 0.893. The van der Waals surface area contributed by atoms with Gasteiger partial charge in [0.05, 0.1) is 11.1 Å². The summed E-state index contributed by atoms with van der Waals surface area (Å²) in [5.41, 5.74) is -0.816. The number of hydrogen-bond donors (Lipinski definition) is 1. The van der Waals surface area contributed by atoms with E-state index in [4.69, 9.17) is 10.4 Å². The Balaban J connectivity index is 2.65. The van der Waals surface area contributed by atoms with Crippen LogP contribution in [0.5, 0.6) is 0 Å². The molecule has 0 bridgehead atoms. The van der Waals surface area contributed by atoms with Crippen molar-refractivity contribution in [3.8, 4) is 17.2 Å². The van der Waals surface area contributed by atoms with Gasteiger partial charge in [-0.15, -0.1) is 0 Å². The molecule has 0 aromatic heterocycles. The Morgan fingerprint density at radius 1 is 1.13 bits per heavy atom. The molecule has 1 N–H and O–H groups in total. The maximum atomic E-state index is 14.3. The molecule has 0 amide bonds. The first-order valence-electron chi connectivity index (χ1n) is 6.45. The summed E-state index contributed by atoms with van der Waals surface area (Å²) in [6.45, 7) is 0.960. The Morgan fingerprint density at radius 2 is 1.74 bits per heavy atom. The van der Waals surface area contributed by atoms with E-state index < -0.39 is 23.4 Å². The van der Waals surface area contributed by atoms with Crippen molar-refractivity contribution in [2.75, 3.05) is 0 Å². The van der Waals surface area contributed by atoms with Gasteiger partial charge in [-0.2, -0.15) is 5.26 Å². The summed E-state index contributed by atoms with van der Waals surface area (Å²) >= 11 is 0. The predicted octanol–water partition coefficient (Wildman–Crippen LogP) is 4.69. The van der Waals surface area contributed by atoms with E-state index in [2.05, 4.69) is 0 Å². The van der Waals surface area contributed by atoms with Crippen LogP contribution in [-0.4, -0.2) is 11.1 Å². The van der Waals surface area contributed by atoms with E-state index in [1.54, 1.807) is 6.07 Å². The van der Waals surface area contributed by atoms with Crippen LogP contribution in [0.4, 0.5) is 13.2 Å². The van der Waals surface area contributed by atoms with Crippen LogP contribution in [0.2, 0.25) is 0 Å². The molecule has 0 aliphatic carbocycles. The van der Waals surface area contributed by atoms with Gasteiger partial charge in [-0.05, 0) is 24.6 Å². The number of carbonyl (C=O) groups is 1. The second kappa shape index (κ2) is 6.36. The largest absolute Gasteiger partial charge is 0.478 e. The number of carboxylic acids is 1. The highest BCUT2D eigenvalue weighted by atomic mass is 19.2. The molecule has 0 heterocycles. The molecule has 3 nitrogen and oxygen atoms in total. The molecule has 0 saturated heterocycles. The van der Waals surface area contributed by atoms with Crippen LogP contribution >= 0.6 is 0 Å². The lowest BCUT2D eigenvalue weighted by Gasteiger charge is -2.10. The van der Waals surface area contributed by atoms with E-state index >= 15 is 0 Å². The first-order chi connectivity index (χ1) is 10.9. The number of halogens is 3. The molecular weight excluding hydrogens is 307 g/mol. The fourth-order valence-corrected chi connectivity index (χ4v) is 2.10. The minimum absolute atomic E-state index is 0.0533. The molecule has 6 heteroatoms. The summed E-state index contributed by atoms with van der Waals surface area (Å²) in [5.74, 6) is -4.39. The average Bonchev–Trinajstić information content (AvgIpc) is 2.53. The molecular formula is C17H10F3NO2. The third kappa shape index (κ3) is 3.09. The molecule has 116 valence electrons. The van der Waals surface area contributed by atoms with Crippen LogP contribution in [0.1, 0.15) is 28.4 Å². The molecule has 0 aliphatic heterocycles. The van der Waals surface area contributed by atoms with Gasteiger partial charge in [-0.1, -0.05) is 24.3 Å². The van der Waals surface area contributed by atoms with Gasteiger partial charge in [0.15, 0.2) is 5.83 Å². The van der Waals surface area contributed by atoms with Crippen LogP contribution in [0.3, 0.4) is 0 Å². The van der Waals surface area contributed by atoms with Crippen molar-refractivity contribution in [2.45, 2.75) is 6.92 Å². The van der Waals surface area contributed by atoms with Crippen LogP contribution in [0.15, 0.2) is 42.2 Å². The molecule has 0 unspecified atom stereocenters. The van der Waals surface area contributed by atoms with Crippen molar-refractivity contribution < 1.29 is 23.1 Å². The lowest BCUT2D eigenvalue weighted by atomic mass is 9.95. The van der Waals surface area contributed by atoms with Gasteiger partial charge in [-0.3, -0.25) is 0 Å². The first kappa shape index (κ1) is 16.3. The molecule has 0 radical (unpaired) electrons. The first-order valence-corrected chi connectivity index (χ1v) is 6.45. The number of nitrogens with zero attached hydrogens (tertiary/aromatic N) is 1. The minimum atomic E-state index is -1.36. The summed E-state index contributed by atoms with van der Waals surface area (Å²) < 4.78 is 40.7. The number of carboxylic acid groups (broad SMARTS) is 1. The molecule has 0 spiro atoms.